The van der Waals surface area contributed by atoms with Crippen molar-refractivity contribution in [2.75, 3.05) is 4.72 Å². The third kappa shape index (κ3) is 3.46. The first-order valence-corrected chi connectivity index (χ1v) is 7.93. The summed E-state index contributed by atoms with van der Waals surface area (Å²) in [6, 6.07) is 12.7. The molecule has 0 aliphatic carbocycles. The van der Waals surface area contributed by atoms with Crippen molar-refractivity contribution in [2.45, 2.75) is 24.8 Å². The van der Waals surface area contributed by atoms with E-state index in [4.69, 9.17) is 0 Å². The average Bonchev–Trinajstić information content (AvgIpc) is 2.47. The Hall–Kier alpha value is -2.21. The molecule has 6 heteroatoms. The predicted molar refractivity (Wildman–Crippen MR) is 82.6 cm³/mol. The minimum Gasteiger partial charge on any atom is -0.279 e. The fourth-order valence-electron chi connectivity index (χ4n) is 1.93. The van der Waals surface area contributed by atoms with Gasteiger partial charge in [0, 0.05) is 5.56 Å². The number of para-hydroxylation sites is 1. The Kier molecular flexibility index (Phi) is 4.37. The molecule has 1 N–H and O–H groups in total. The van der Waals surface area contributed by atoms with Crippen LogP contribution >= 0.6 is 0 Å². The van der Waals surface area contributed by atoms with E-state index in [1.165, 1.54) is 0 Å². The summed E-state index contributed by atoms with van der Waals surface area (Å²) in [7, 11) is -3.69. The van der Waals surface area contributed by atoms with Crippen LogP contribution in [0, 0.1) is 11.8 Å². The van der Waals surface area contributed by atoms with Gasteiger partial charge >= 0.3 is 0 Å². The predicted octanol–water partition coefficient (Wildman–Crippen LogP) is 3.62. The Labute approximate surface area is 124 Å². The zero-order chi connectivity index (χ0) is 15.5. The molecule has 0 radical (unpaired) electrons. The molecular weight excluding hydrogens is 288 g/mol. The van der Waals surface area contributed by atoms with E-state index in [0.717, 1.165) is 5.56 Å². The van der Waals surface area contributed by atoms with Crippen molar-refractivity contribution in [3.05, 3.63) is 64.6 Å². The van der Waals surface area contributed by atoms with E-state index in [1.807, 2.05) is 6.92 Å². The van der Waals surface area contributed by atoms with Crippen LogP contribution in [0.2, 0.25) is 0 Å². The molecule has 2 rings (SSSR count). The second-order valence-corrected chi connectivity index (χ2v) is 6.47. The van der Waals surface area contributed by atoms with E-state index >= 15 is 0 Å². The van der Waals surface area contributed by atoms with Gasteiger partial charge < -0.3 is 0 Å². The summed E-state index contributed by atoms with van der Waals surface area (Å²) in [5.74, 6) is 0. The lowest BCUT2D eigenvalue weighted by Crippen LogP contribution is -2.14. The molecule has 2 aromatic carbocycles. The van der Waals surface area contributed by atoms with Crippen molar-refractivity contribution in [1.29, 1.82) is 0 Å². The van der Waals surface area contributed by atoms with Gasteiger partial charge in [-0.15, -0.1) is 0 Å². The third-order valence-corrected chi connectivity index (χ3v) is 4.53. The first kappa shape index (κ1) is 15.2. The smallest absolute Gasteiger partial charge is 0.261 e. The van der Waals surface area contributed by atoms with Crippen molar-refractivity contribution >= 4 is 15.7 Å². The monoisotopic (exact) mass is 304 g/mol. The van der Waals surface area contributed by atoms with Gasteiger partial charge in [0.2, 0.25) is 0 Å². The highest BCUT2D eigenvalue weighted by Gasteiger charge is 2.18. The summed E-state index contributed by atoms with van der Waals surface area (Å²) >= 11 is 0. The first-order chi connectivity index (χ1) is 9.94. The summed E-state index contributed by atoms with van der Waals surface area (Å²) in [5.41, 5.74) is 1.89. The summed E-state index contributed by atoms with van der Waals surface area (Å²) in [6.45, 7) is 3.50. The second-order valence-electron chi connectivity index (χ2n) is 4.79. The lowest BCUT2D eigenvalue weighted by Gasteiger charge is -2.13. The van der Waals surface area contributed by atoms with E-state index in [2.05, 4.69) is 9.90 Å². The van der Waals surface area contributed by atoms with Gasteiger partial charge in [-0.25, -0.2) is 8.42 Å². The highest BCUT2D eigenvalue weighted by atomic mass is 32.2. The molecule has 1 atom stereocenters. The lowest BCUT2D eigenvalue weighted by molar-refractivity contribution is 0.601. The van der Waals surface area contributed by atoms with Gasteiger partial charge in [0.25, 0.3) is 10.0 Å². The number of hydrogen-bond donors (Lipinski definition) is 1. The average molecular weight is 304 g/mol. The van der Waals surface area contributed by atoms with Gasteiger partial charge in [-0.05, 0) is 32.0 Å². The largest absolute Gasteiger partial charge is 0.279 e. The van der Waals surface area contributed by atoms with Crippen LogP contribution in [0.5, 0.6) is 0 Å². The van der Waals surface area contributed by atoms with Gasteiger partial charge in [-0.1, -0.05) is 41.1 Å². The Morgan fingerprint density at radius 3 is 2.29 bits per heavy atom. The number of nitrogens with one attached hydrogen (secondary N) is 1. The normalized spacial score (nSPS) is 12.7. The van der Waals surface area contributed by atoms with Crippen LogP contribution in [0.3, 0.4) is 0 Å². The highest BCUT2D eigenvalue weighted by molar-refractivity contribution is 7.92. The van der Waals surface area contributed by atoms with Gasteiger partial charge in [0.05, 0.1) is 10.6 Å². The molecule has 110 valence electrons. The van der Waals surface area contributed by atoms with Crippen LogP contribution in [0.1, 0.15) is 24.1 Å². The molecule has 2 aromatic rings. The number of anilines is 1. The number of aryl methyl sites for hydroxylation is 1. The van der Waals surface area contributed by atoms with Crippen molar-refractivity contribution in [3.63, 3.8) is 0 Å². The van der Waals surface area contributed by atoms with Crippen LogP contribution in [-0.2, 0) is 10.0 Å². The molecule has 0 saturated carbocycles. The van der Waals surface area contributed by atoms with Crippen LogP contribution in [0.25, 0.3) is 0 Å². The molecule has 0 aliphatic heterocycles. The molecule has 0 aromatic heterocycles. The summed E-state index contributed by atoms with van der Waals surface area (Å²) in [6.07, 6.45) is 0. The number of benzene rings is 2. The van der Waals surface area contributed by atoms with Crippen LogP contribution in [0.4, 0.5) is 5.69 Å². The molecule has 0 heterocycles. The first-order valence-electron chi connectivity index (χ1n) is 6.45. The Morgan fingerprint density at radius 2 is 1.67 bits per heavy atom. The quantitative estimate of drug-likeness (QED) is 0.857. The van der Waals surface area contributed by atoms with E-state index < -0.39 is 16.1 Å². The number of nitrogens with zero attached hydrogens (tertiary/aromatic N) is 1. The number of nitroso groups, excluding NO2 is 1. The topological polar surface area (TPSA) is 75.6 Å². The van der Waals surface area contributed by atoms with Crippen molar-refractivity contribution in [1.82, 2.24) is 0 Å². The fourth-order valence-corrected chi connectivity index (χ4v) is 3.02. The minimum absolute atomic E-state index is 0.176. The number of rotatable bonds is 5. The second kappa shape index (κ2) is 6.05. The fraction of sp³-hybridized carbons (Fsp3) is 0.200. The summed E-state index contributed by atoms with van der Waals surface area (Å²) < 4.78 is 27.2. The van der Waals surface area contributed by atoms with Crippen LogP contribution < -0.4 is 4.72 Å². The zero-order valence-corrected chi connectivity index (χ0v) is 12.6. The standard InChI is InChI=1S/C15H16N2O3S/c1-11-7-9-13(10-8-11)21(19,20)17-15-6-4-3-5-14(15)12(2)16-18/h3-10,12,17H,1-2H3. The van der Waals surface area contributed by atoms with E-state index in [1.54, 1.807) is 55.5 Å². The van der Waals surface area contributed by atoms with Crippen molar-refractivity contribution < 1.29 is 8.42 Å². The number of hydrogen-bond acceptors (Lipinski definition) is 4. The van der Waals surface area contributed by atoms with Gasteiger partial charge in [0.15, 0.2) is 0 Å². The van der Waals surface area contributed by atoms with Crippen molar-refractivity contribution in [3.8, 4) is 0 Å². The minimum atomic E-state index is -3.69. The zero-order valence-electron chi connectivity index (χ0n) is 11.8. The third-order valence-electron chi connectivity index (χ3n) is 3.14. The Bertz CT molecular complexity index is 740. The molecule has 0 saturated heterocycles. The lowest BCUT2D eigenvalue weighted by atomic mass is 10.1. The molecule has 0 aliphatic rings. The van der Waals surface area contributed by atoms with E-state index in [-0.39, 0.29) is 4.90 Å². The van der Waals surface area contributed by atoms with Gasteiger partial charge in [-0.2, -0.15) is 4.91 Å². The number of sulfonamides is 1. The maximum Gasteiger partial charge on any atom is 0.261 e. The SMILES string of the molecule is Cc1ccc(S(=O)(=O)Nc2ccccc2C(C)N=O)cc1. The Balaban J connectivity index is 2.37. The summed E-state index contributed by atoms with van der Waals surface area (Å²) in [5, 5.41) is 2.95. The van der Waals surface area contributed by atoms with Crippen molar-refractivity contribution in [2.24, 2.45) is 5.18 Å². The summed E-state index contributed by atoms with van der Waals surface area (Å²) in [4.78, 5) is 10.9. The molecule has 1 unspecified atom stereocenters. The van der Waals surface area contributed by atoms with Crippen LogP contribution in [0.15, 0.2) is 58.6 Å². The molecule has 21 heavy (non-hydrogen) atoms. The Morgan fingerprint density at radius 1 is 1.05 bits per heavy atom. The molecular formula is C15H16N2O3S. The molecule has 0 bridgehead atoms. The van der Waals surface area contributed by atoms with Crippen LogP contribution in [-0.4, -0.2) is 8.42 Å². The maximum atomic E-state index is 12.4. The van der Waals surface area contributed by atoms with E-state index in [0.29, 0.717) is 11.3 Å². The molecule has 0 amide bonds. The maximum absolute atomic E-state index is 12.4. The highest BCUT2D eigenvalue weighted by Crippen LogP contribution is 2.27. The van der Waals surface area contributed by atoms with E-state index in [9.17, 15) is 13.3 Å². The molecule has 0 spiro atoms. The molecule has 0 fully saturated rings. The van der Waals surface area contributed by atoms with Gasteiger partial charge in [-0.3, -0.25) is 4.72 Å². The van der Waals surface area contributed by atoms with Gasteiger partial charge in [0.1, 0.15) is 6.04 Å². The molecule has 5 nitrogen and oxygen atoms in total.